The lowest BCUT2D eigenvalue weighted by molar-refractivity contribution is -0.384. The molecule has 0 saturated carbocycles. The maximum absolute atomic E-state index is 11.2. The smallest absolute Gasteiger partial charge is 0.329 e. The van der Waals surface area contributed by atoms with Gasteiger partial charge in [-0.2, -0.15) is 5.26 Å². The molecule has 1 unspecified atom stereocenters. The fraction of sp³-hybridized carbons (Fsp3) is 0.500. The molecule has 0 aromatic carbocycles. The van der Waals surface area contributed by atoms with Gasteiger partial charge in [0.1, 0.15) is 11.6 Å². The molecule has 19 heavy (non-hydrogen) atoms. The van der Waals surface area contributed by atoms with Crippen molar-refractivity contribution in [1.82, 2.24) is 4.98 Å². The average molecular weight is 261 g/mol. The molecule has 0 spiro atoms. The Balaban J connectivity index is 2.39. The van der Waals surface area contributed by atoms with Gasteiger partial charge in [0.2, 0.25) is 5.82 Å². The summed E-state index contributed by atoms with van der Waals surface area (Å²) >= 11 is 0. The molecule has 0 bridgehead atoms. The zero-order valence-electron chi connectivity index (χ0n) is 10.5. The predicted molar refractivity (Wildman–Crippen MR) is 69.6 cm³/mol. The number of nitrogens with two attached hydrogens (primary N) is 1. The van der Waals surface area contributed by atoms with E-state index >= 15 is 0 Å². The van der Waals surface area contributed by atoms with Crippen LogP contribution in [0.4, 0.5) is 11.5 Å². The van der Waals surface area contributed by atoms with E-state index in [1.54, 1.807) is 0 Å². The SMILES string of the molecule is N#Cc1ccnc(N2CCCC(CN)C2)c1[N+](=O)[O-]. The van der Waals surface area contributed by atoms with Crippen LogP contribution in [0, 0.1) is 27.4 Å². The van der Waals surface area contributed by atoms with Crippen LogP contribution in [0.5, 0.6) is 0 Å². The molecule has 0 aliphatic carbocycles. The van der Waals surface area contributed by atoms with Crippen molar-refractivity contribution in [1.29, 1.82) is 5.26 Å². The van der Waals surface area contributed by atoms with Gasteiger partial charge in [0.05, 0.1) is 4.92 Å². The fourth-order valence-corrected chi connectivity index (χ4v) is 2.39. The molecular weight excluding hydrogens is 246 g/mol. The Kier molecular flexibility index (Phi) is 3.92. The van der Waals surface area contributed by atoms with Gasteiger partial charge in [0.15, 0.2) is 0 Å². The topological polar surface area (TPSA) is 109 Å². The molecule has 1 fully saturated rings. The van der Waals surface area contributed by atoms with Crippen molar-refractivity contribution in [2.24, 2.45) is 11.7 Å². The minimum absolute atomic E-state index is 0.0462. The number of nitrogens with zero attached hydrogens (tertiary/aromatic N) is 4. The van der Waals surface area contributed by atoms with E-state index in [2.05, 4.69) is 4.98 Å². The summed E-state index contributed by atoms with van der Waals surface area (Å²) in [6, 6.07) is 3.22. The number of pyridine rings is 1. The summed E-state index contributed by atoms with van der Waals surface area (Å²) in [4.78, 5) is 16.6. The Morgan fingerprint density at radius 1 is 1.68 bits per heavy atom. The molecule has 0 amide bonds. The van der Waals surface area contributed by atoms with Gasteiger partial charge in [-0.1, -0.05) is 0 Å². The lowest BCUT2D eigenvalue weighted by Gasteiger charge is -2.32. The summed E-state index contributed by atoms with van der Waals surface area (Å²) in [7, 11) is 0. The normalized spacial score (nSPS) is 18.9. The minimum Gasteiger partial charge on any atom is -0.351 e. The van der Waals surface area contributed by atoms with Crippen LogP contribution in [0.15, 0.2) is 12.3 Å². The van der Waals surface area contributed by atoms with E-state index in [0.29, 0.717) is 25.6 Å². The first kappa shape index (κ1) is 13.2. The van der Waals surface area contributed by atoms with Crippen LogP contribution in [0.1, 0.15) is 18.4 Å². The Labute approximate surface area is 110 Å². The van der Waals surface area contributed by atoms with Crippen molar-refractivity contribution in [3.8, 4) is 6.07 Å². The van der Waals surface area contributed by atoms with Crippen LogP contribution in [0.2, 0.25) is 0 Å². The molecule has 1 aliphatic rings. The minimum atomic E-state index is -0.535. The average Bonchev–Trinajstić information content (AvgIpc) is 2.46. The van der Waals surface area contributed by atoms with E-state index in [4.69, 9.17) is 11.0 Å². The van der Waals surface area contributed by atoms with E-state index in [1.165, 1.54) is 12.3 Å². The van der Waals surface area contributed by atoms with Gasteiger partial charge in [0, 0.05) is 19.3 Å². The molecule has 2 rings (SSSR count). The second-order valence-electron chi connectivity index (χ2n) is 4.59. The second kappa shape index (κ2) is 5.63. The van der Waals surface area contributed by atoms with Gasteiger partial charge in [-0.3, -0.25) is 10.1 Å². The molecule has 7 heteroatoms. The maximum atomic E-state index is 11.2. The Morgan fingerprint density at radius 3 is 3.11 bits per heavy atom. The van der Waals surface area contributed by atoms with Gasteiger partial charge < -0.3 is 10.6 Å². The highest BCUT2D eigenvalue weighted by atomic mass is 16.6. The van der Waals surface area contributed by atoms with Crippen molar-refractivity contribution >= 4 is 11.5 Å². The van der Waals surface area contributed by atoms with Gasteiger partial charge in [-0.15, -0.1) is 0 Å². The zero-order valence-corrected chi connectivity index (χ0v) is 10.5. The molecule has 1 aliphatic heterocycles. The Hall–Kier alpha value is -2.20. The van der Waals surface area contributed by atoms with E-state index in [0.717, 1.165) is 12.8 Å². The number of aromatic nitrogens is 1. The Bertz CT molecular complexity index is 525. The van der Waals surface area contributed by atoms with E-state index in [-0.39, 0.29) is 17.1 Å². The van der Waals surface area contributed by atoms with Crippen LogP contribution in [-0.4, -0.2) is 29.5 Å². The van der Waals surface area contributed by atoms with Gasteiger partial charge in [-0.05, 0) is 31.4 Å². The molecule has 1 atom stereocenters. The molecule has 100 valence electrons. The molecule has 2 heterocycles. The number of piperidine rings is 1. The van der Waals surface area contributed by atoms with Crippen LogP contribution >= 0.6 is 0 Å². The van der Waals surface area contributed by atoms with Crippen molar-refractivity contribution in [3.05, 3.63) is 27.9 Å². The van der Waals surface area contributed by atoms with Crippen LogP contribution in [0.25, 0.3) is 0 Å². The zero-order chi connectivity index (χ0) is 13.8. The number of nitro groups is 1. The third-order valence-corrected chi connectivity index (χ3v) is 3.36. The largest absolute Gasteiger partial charge is 0.351 e. The van der Waals surface area contributed by atoms with Crippen molar-refractivity contribution < 1.29 is 4.92 Å². The third kappa shape index (κ3) is 2.63. The van der Waals surface area contributed by atoms with Crippen molar-refractivity contribution in [2.75, 3.05) is 24.5 Å². The number of anilines is 1. The predicted octanol–water partition coefficient (Wildman–Crippen LogP) is 1.04. The second-order valence-corrected chi connectivity index (χ2v) is 4.59. The van der Waals surface area contributed by atoms with E-state index in [9.17, 15) is 10.1 Å². The number of nitriles is 1. The van der Waals surface area contributed by atoms with Crippen molar-refractivity contribution in [2.45, 2.75) is 12.8 Å². The number of hydrogen-bond acceptors (Lipinski definition) is 6. The molecule has 1 saturated heterocycles. The molecule has 7 nitrogen and oxygen atoms in total. The molecular formula is C12H15N5O2. The highest BCUT2D eigenvalue weighted by Gasteiger charge is 2.28. The highest BCUT2D eigenvalue weighted by molar-refractivity contribution is 5.65. The summed E-state index contributed by atoms with van der Waals surface area (Å²) in [6.07, 6.45) is 3.39. The lowest BCUT2D eigenvalue weighted by Crippen LogP contribution is -2.39. The maximum Gasteiger partial charge on any atom is 0.329 e. The number of rotatable bonds is 3. The molecule has 1 aromatic heterocycles. The highest BCUT2D eigenvalue weighted by Crippen LogP contribution is 2.31. The molecule has 1 aromatic rings. The standard InChI is InChI=1S/C12H15N5O2/c13-6-9-2-1-5-16(8-9)12-11(17(18)19)10(7-14)3-4-15-12/h3-4,9H,1-2,5-6,8,13H2. The van der Waals surface area contributed by atoms with Gasteiger partial charge >= 0.3 is 5.69 Å². The van der Waals surface area contributed by atoms with Crippen molar-refractivity contribution in [3.63, 3.8) is 0 Å². The first-order valence-corrected chi connectivity index (χ1v) is 6.16. The monoisotopic (exact) mass is 261 g/mol. The number of hydrogen-bond donors (Lipinski definition) is 1. The fourth-order valence-electron chi connectivity index (χ4n) is 2.39. The van der Waals surface area contributed by atoms with Crippen LogP contribution < -0.4 is 10.6 Å². The lowest BCUT2D eigenvalue weighted by atomic mass is 9.98. The first-order chi connectivity index (χ1) is 9.17. The van der Waals surface area contributed by atoms with Crippen LogP contribution in [0.3, 0.4) is 0 Å². The third-order valence-electron chi connectivity index (χ3n) is 3.36. The summed E-state index contributed by atoms with van der Waals surface area (Å²) in [5.41, 5.74) is 5.50. The quantitative estimate of drug-likeness (QED) is 0.643. The first-order valence-electron chi connectivity index (χ1n) is 6.16. The van der Waals surface area contributed by atoms with E-state index in [1.807, 2.05) is 11.0 Å². The summed E-state index contributed by atoms with van der Waals surface area (Å²) in [5.74, 6) is 0.600. The summed E-state index contributed by atoms with van der Waals surface area (Å²) in [5, 5.41) is 20.1. The summed E-state index contributed by atoms with van der Waals surface area (Å²) in [6.45, 7) is 1.92. The summed E-state index contributed by atoms with van der Waals surface area (Å²) < 4.78 is 0. The van der Waals surface area contributed by atoms with Gasteiger partial charge in [0.25, 0.3) is 0 Å². The van der Waals surface area contributed by atoms with Crippen LogP contribution in [-0.2, 0) is 0 Å². The molecule has 2 N–H and O–H groups in total. The van der Waals surface area contributed by atoms with Gasteiger partial charge in [-0.25, -0.2) is 4.98 Å². The molecule has 0 radical (unpaired) electrons. The Morgan fingerprint density at radius 2 is 2.47 bits per heavy atom. The van der Waals surface area contributed by atoms with E-state index < -0.39 is 4.92 Å².